The molecule has 34 heavy (non-hydrogen) atoms. The zero-order valence-electron chi connectivity index (χ0n) is 18.4. The summed E-state index contributed by atoms with van der Waals surface area (Å²) in [5.41, 5.74) is 1.11. The lowest BCUT2D eigenvalue weighted by Gasteiger charge is -2.35. The fourth-order valence-corrected chi connectivity index (χ4v) is 5.09. The van der Waals surface area contributed by atoms with E-state index in [1.165, 1.54) is 34.8 Å². The van der Waals surface area contributed by atoms with Gasteiger partial charge in [-0.3, -0.25) is 4.79 Å². The quantitative estimate of drug-likeness (QED) is 0.490. The molecule has 9 nitrogen and oxygen atoms in total. The number of ether oxygens (including phenoxy) is 1. The smallest absolute Gasteiger partial charge is 0.338 e. The molecule has 1 amide bonds. The molecule has 0 unspecified atom stereocenters. The van der Waals surface area contributed by atoms with Crippen LogP contribution in [0.1, 0.15) is 16.1 Å². The normalized spacial score (nSPS) is 14.5. The standard InChI is InChI=1S/C24H25N3O6S/c28-23(25-17-21-9-5-15-32-21)18-33-24(29)19-6-4-10-22(16-19)34(30,31)27-13-11-26(12-14-27)20-7-2-1-3-8-20/h1-10,15-16H,11-14,17-18H2,(H,25,28). The average molecular weight is 484 g/mol. The molecule has 1 aromatic heterocycles. The number of nitrogens with zero attached hydrogens (tertiary/aromatic N) is 2. The Balaban J connectivity index is 1.33. The average Bonchev–Trinajstić information content (AvgIpc) is 3.40. The molecule has 0 spiro atoms. The number of benzene rings is 2. The highest BCUT2D eigenvalue weighted by molar-refractivity contribution is 7.89. The number of anilines is 1. The number of amides is 1. The van der Waals surface area contributed by atoms with Gasteiger partial charge in [0, 0.05) is 31.9 Å². The molecular weight excluding hydrogens is 458 g/mol. The van der Waals surface area contributed by atoms with Crippen LogP contribution in [0, 0.1) is 0 Å². The maximum Gasteiger partial charge on any atom is 0.338 e. The van der Waals surface area contributed by atoms with E-state index in [9.17, 15) is 18.0 Å². The van der Waals surface area contributed by atoms with E-state index in [1.807, 2.05) is 30.3 Å². The fraction of sp³-hybridized carbons (Fsp3) is 0.250. The highest BCUT2D eigenvalue weighted by Crippen LogP contribution is 2.22. The van der Waals surface area contributed by atoms with E-state index in [1.54, 1.807) is 12.1 Å². The Morgan fingerprint density at radius 3 is 2.41 bits per heavy atom. The van der Waals surface area contributed by atoms with Crippen LogP contribution in [-0.2, 0) is 26.1 Å². The van der Waals surface area contributed by atoms with Gasteiger partial charge in [0.1, 0.15) is 5.76 Å². The third kappa shape index (κ3) is 5.64. The lowest BCUT2D eigenvalue weighted by Crippen LogP contribution is -2.48. The van der Waals surface area contributed by atoms with Crippen LogP contribution in [0.4, 0.5) is 5.69 Å². The van der Waals surface area contributed by atoms with Crippen LogP contribution in [-0.4, -0.2) is 57.4 Å². The SMILES string of the molecule is O=C(COC(=O)c1cccc(S(=O)(=O)N2CCN(c3ccccc3)CC2)c1)NCc1ccco1. The molecule has 4 rings (SSSR count). The van der Waals surface area contributed by atoms with Gasteiger partial charge in [0.25, 0.3) is 5.91 Å². The summed E-state index contributed by atoms with van der Waals surface area (Å²) in [5.74, 6) is -0.703. The molecule has 0 atom stereocenters. The summed E-state index contributed by atoms with van der Waals surface area (Å²) in [6.45, 7) is 1.49. The summed E-state index contributed by atoms with van der Waals surface area (Å²) in [7, 11) is -3.78. The van der Waals surface area contributed by atoms with Crippen molar-refractivity contribution in [3.05, 3.63) is 84.3 Å². The number of sulfonamides is 1. The second kappa shape index (κ2) is 10.5. The van der Waals surface area contributed by atoms with Crippen molar-refractivity contribution >= 4 is 27.6 Å². The van der Waals surface area contributed by atoms with Crippen molar-refractivity contribution in [1.82, 2.24) is 9.62 Å². The van der Waals surface area contributed by atoms with Crippen molar-refractivity contribution in [2.24, 2.45) is 0 Å². The molecule has 0 bridgehead atoms. The van der Waals surface area contributed by atoms with Crippen LogP contribution >= 0.6 is 0 Å². The van der Waals surface area contributed by atoms with Gasteiger partial charge in [-0.25, -0.2) is 13.2 Å². The Morgan fingerprint density at radius 1 is 0.941 bits per heavy atom. The van der Waals surface area contributed by atoms with E-state index in [4.69, 9.17) is 9.15 Å². The van der Waals surface area contributed by atoms with Gasteiger partial charge < -0.3 is 19.4 Å². The first-order valence-corrected chi connectivity index (χ1v) is 12.2. The predicted octanol–water partition coefficient (Wildman–Crippen LogP) is 2.26. The van der Waals surface area contributed by atoms with Crippen LogP contribution in [0.5, 0.6) is 0 Å². The van der Waals surface area contributed by atoms with Crippen molar-refractivity contribution < 1.29 is 27.2 Å². The molecule has 1 aliphatic heterocycles. The number of nitrogens with one attached hydrogen (secondary N) is 1. The molecule has 1 aliphatic rings. The number of hydrogen-bond donors (Lipinski definition) is 1. The predicted molar refractivity (Wildman–Crippen MR) is 125 cm³/mol. The number of carbonyl (C=O) groups excluding carboxylic acids is 2. The van der Waals surface area contributed by atoms with Gasteiger partial charge in [0.05, 0.1) is 23.3 Å². The highest BCUT2D eigenvalue weighted by Gasteiger charge is 2.29. The summed E-state index contributed by atoms with van der Waals surface area (Å²) >= 11 is 0. The second-order valence-corrected chi connectivity index (χ2v) is 9.62. The second-order valence-electron chi connectivity index (χ2n) is 7.69. The van der Waals surface area contributed by atoms with E-state index >= 15 is 0 Å². The zero-order valence-corrected chi connectivity index (χ0v) is 19.2. The summed E-state index contributed by atoms with van der Waals surface area (Å²) in [4.78, 5) is 26.4. The summed E-state index contributed by atoms with van der Waals surface area (Å²) in [5, 5.41) is 2.57. The molecule has 2 heterocycles. The molecule has 178 valence electrons. The van der Waals surface area contributed by atoms with Gasteiger partial charge in [0.15, 0.2) is 6.61 Å². The Hall–Kier alpha value is -3.63. The number of piperazine rings is 1. The van der Waals surface area contributed by atoms with E-state index < -0.39 is 28.5 Å². The zero-order chi connectivity index (χ0) is 24.0. The fourth-order valence-electron chi connectivity index (χ4n) is 3.62. The van der Waals surface area contributed by atoms with Crippen molar-refractivity contribution in [2.75, 3.05) is 37.7 Å². The molecule has 10 heteroatoms. The summed E-state index contributed by atoms with van der Waals surface area (Å²) in [6, 6.07) is 18.9. The van der Waals surface area contributed by atoms with Crippen LogP contribution < -0.4 is 10.2 Å². The van der Waals surface area contributed by atoms with Crippen LogP contribution in [0.15, 0.2) is 82.3 Å². The third-order valence-corrected chi connectivity index (χ3v) is 7.34. The minimum atomic E-state index is -3.78. The largest absolute Gasteiger partial charge is 0.467 e. The number of carbonyl (C=O) groups is 2. The summed E-state index contributed by atoms with van der Waals surface area (Å²) in [6.07, 6.45) is 1.49. The molecular formula is C24H25N3O6S. The van der Waals surface area contributed by atoms with E-state index in [2.05, 4.69) is 10.2 Å². The van der Waals surface area contributed by atoms with Gasteiger partial charge in [0.2, 0.25) is 10.0 Å². The third-order valence-electron chi connectivity index (χ3n) is 5.44. The van der Waals surface area contributed by atoms with E-state index in [-0.39, 0.29) is 17.0 Å². The van der Waals surface area contributed by atoms with E-state index in [0.717, 1.165) is 5.69 Å². The van der Waals surface area contributed by atoms with Crippen LogP contribution in [0.25, 0.3) is 0 Å². The van der Waals surface area contributed by atoms with Gasteiger partial charge in [-0.1, -0.05) is 24.3 Å². The molecule has 1 fully saturated rings. The van der Waals surface area contributed by atoms with Gasteiger partial charge in [-0.2, -0.15) is 4.31 Å². The monoisotopic (exact) mass is 483 g/mol. The number of furan rings is 1. The molecule has 1 saturated heterocycles. The Labute approximate surface area is 198 Å². The molecule has 0 saturated carbocycles. The molecule has 1 N–H and O–H groups in total. The maximum atomic E-state index is 13.2. The highest BCUT2D eigenvalue weighted by atomic mass is 32.2. The van der Waals surface area contributed by atoms with E-state index in [0.29, 0.717) is 31.9 Å². The first-order valence-electron chi connectivity index (χ1n) is 10.8. The first kappa shape index (κ1) is 23.5. The van der Waals surface area contributed by atoms with Gasteiger partial charge >= 0.3 is 5.97 Å². The minimum Gasteiger partial charge on any atom is -0.467 e. The lowest BCUT2D eigenvalue weighted by molar-refractivity contribution is -0.124. The topological polar surface area (TPSA) is 109 Å². The minimum absolute atomic E-state index is 0.0115. The summed E-state index contributed by atoms with van der Waals surface area (Å²) < 4.78 is 37.9. The first-order chi connectivity index (χ1) is 16.4. The lowest BCUT2D eigenvalue weighted by atomic mass is 10.2. The van der Waals surface area contributed by atoms with Crippen molar-refractivity contribution in [3.8, 4) is 0 Å². The van der Waals surface area contributed by atoms with Crippen molar-refractivity contribution in [1.29, 1.82) is 0 Å². The molecule has 0 aliphatic carbocycles. The van der Waals surface area contributed by atoms with Crippen LogP contribution in [0.2, 0.25) is 0 Å². The maximum absolute atomic E-state index is 13.2. The van der Waals surface area contributed by atoms with Gasteiger partial charge in [-0.15, -0.1) is 0 Å². The van der Waals surface area contributed by atoms with Crippen molar-refractivity contribution in [2.45, 2.75) is 11.4 Å². The molecule has 2 aromatic carbocycles. The number of rotatable bonds is 8. The number of para-hydroxylation sites is 1. The number of hydrogen-bond acceptors (Lipinski definition) is 7. The van der Waals surface area contributed by atoms with Crippen molar-refractivity contribution in [3.63, 3.8) is 0 Å². The Morgan fingerprint density at radius 2 is 1.71 bits per heavy atom. The molecule has 3 aromatic rings. The Kier molecular flexibility index (Phi) is 7.29. The number of esters is 1. The van der Waals surface area contributed by atoms with Crippen LogP contribution in [0.3, 0.4) is 0 Å². The Bertz CT molecular complexity index is 1220. The molecule has 0 radical (unpaired) electrons. The van der Waals surface area contributed by atoms with Gasteiger partial charge in [-0.05, 0) is 42.5 Å².